The molecule has 0 aliphatic heterocycles. The summed E-state index contributed by atoms with van der Waals surface area (Å²) in [6.07, 6.45) is 4.45. The molecule has 0 unspecified atom stereocenters. The Morgan fingerprint density at radius 2 is 2.31 bits per heavy atom. The quantitative estimate of drug-likeness (QED) is 0.801. The first-order valence-corrected chi connectivity index (χ1v) is 6.04. The monoisotopic (exact) mass is 223 g/mol. The van der Waals surface area contributed by atoms with E-state index in [0.29, 0.717) is 6.04 Å². The Labute approximate surface area is 97.0 Å². The average Bonchev–Trinajstić information content (AvgIpc) is 2.92. The Morgan fingerprint density at radius 3 is 2.94 bits per heavy atom. The average molecular weight is 223 g/mol. The third-order valence-electron chi connectivity index (χ3n) is 2.79. The van der Waals surface area contributed by atoms with Crippen molar-refractivity contribution in [3.63, 3.8) is 0 Å². The van der Waals surface area contributed by atoms with Crippen molar-refractivity contribution in [2.45, 2.75) is 39.3 Å². The summed E-state index contributed by atoms with van der Waals surface area (Å²) in [5.74, 6) is 0.856. The number of rotatable bonds is 6. The van der Waals surface area contributed by atoms with Gasteiger partial charge >= 0.3 is 0 Å². The minimum absolute atomic E-state index is 0.476. The second-order valence-electron chi connectivity index (χ2n) is 4.98. The summed E-state index contributed by atoms with van der Waals surface area (Å²) >= 11 is 0. The van der Waals surface area contributed by atoms with Crippen LogP contribution in [0.3, 0.4) is 0 Å². The highest BCUT2D eigenvalue weighted by Crippen LogP contribution is 2.30. The minimum Gasteiger partial charge on any atom is -0.432 e. The second-order valence-corrected chi connectivity index (χ2v) is 4.98. The van der Waals surface area contributed by atoms with E-state index < -0.39 is 0 Å². The molecule has 0 aromatic carbocycles. The molecule has 0 atom stereocenters. The van der Waals surface area contributed by atoms with Crippen LogP contribution in [-0.4, -0.2) is 24.6 Å². The van der Waals surface area contributed by atoms with Gasteiger partial charge in [-0.2, -0.15) is 4.98 Å². The molecule has 1 aliphatic carbocycles. The van der Waals surface area contributed by atoms with Crippen LogP contribution in [0.1, 0.15) is 32.4 Å². The summed E-state index contributed by atoms with van der Waals surface area (Å²) in [4.78, 5) is 6.57. The first kappa shape index (κ1) is 11.5. The molecule has 0 amide bonds. The zero-order chi connectivity index (χ0) is 11.5. The summed E-state index contributed by atoms with van der Waals surface area (Å²) in [7, 11) is 2.05. The molecule has 16 heavy (non-hydrogen) atoms. The maximum atomic E-state index is 5.46. The number of hydrogen-bond donors (Lipinski definition) is 1. The van der Waals surface area contributed by atoms with Crippen molar-refractivity contribution < 1.29 is 4.42 Å². The van der Waals surface area contributed by atoms with Crippen molar-refractivity contribution in [3.05, 3.63) is 12.0 Å². The zero-order valence-corrected chi connectivity index (χ0v) is 10.4. The molecular weight excluding hydrogens is 202 g/mol. The predicted octanol–water partition coefficient (Wildman–Crippen LogP) is 2.02. The highest BCUT2D eigenvalue weighted by Gasteiger charge is 2.24. The van der Waals surface area contributed by atoms with Crippen molar-refractivity contribution in [3.8, 4) is 0 Å². The Kier molecular flexibility index (Phi) is 3.49. The first-order valence-electron chi connectivity index (χ1n) is 6.04. The fourth-order valence-corrected chi connectivity index (χ4v) is 1.63. The van der Waals surface area contributed by atoms with Gasteiger partial charge in [0.1, 0.15) is 6.26 Å². The molecule has 1 fully saturated rings. The molecule has 1 aromatic heterocycles. The number of oxazole rings is 1. The lowest BCUT2D eigenvalue weighted by Crippen LogP contribution is -2.22. The van der Waals surface area contributed by atoms with Crippen LogP contribution in [0, 0.1) is 5.92 Å². The van der Waals surface area contributed by atoms with E-state index in [9.17, 15) is 0 Å². The van der Waals surface area contributed by atoms with Gasteiger partial charge in [-0.25, -0.2) is 0 Å². The van der Waals surface area contributed by atoms with Crippen LogP contribution in [0.15, 0.2) is 10.7 Å². The van der Waals surface area contributed by atoms with Gasteiger partial charge in [-0.15, -0.1) is 0 Å². The SMILES string of the molecule is CC(C)NCc1coc(N(C)CC2CC2)n1. The third-order valence-corrected chi connectivity index (χ3v) is 2.79. The summed E-state index contributed by atoms with van der Waals surface area (Å²) in [5.41, 5.74) is 0.978. The lowest BCUT2D eigenvalue weighted by Gasteiger charge is -2.12. The van der Waals surface area contributed by atoms with Gasteiger partial charge in [-0.1, -0.05) is 13.8 Å². The number of aromatic nitrogens is 1. The molecule has 0 bridgehead atoms. The molecule has 1 N–H and O–H groups in total. The lowest BCUT2D eigenvalue weighted by atomic mass is 10.4. The van der Waals surface area contributed by atoms with E-state index in [2.05, 4.69) is 29.0 Å². The summed E-state index contributed by atoms with van der Waals surface area (Å²) in [6.45, 7) is 6.09. The topological polar surface area (TPSA) is 41.3 Å². The van der Waals surface area contributed by atoms with E-state index in [1.807, 2.05) is 7.05 Å². The van der Waals surface area contributed by atoms with Crippen molar-refractivity contribution in [2.24, 2.45) is 5.92 Å². The molecule has 4 nitrogen and oxygen atoms in total. The minimum atomic E-state index is 0.476. The molecule has 1 aliphatic rings. The van der Waals surface area contributed by atoms with Gasteiger partial charge in [0.25, 0.3) is 6.01 Å². The van der Waals surface area contributed by atoms with Crippen LogP contribution in [0.5, 0.6) is 0 Å². The van der Waals surface area contributed by atoms with E-state index in [4.69, 9.17) is 4.42 Å². The molecule has 0 spiro atoms. The zero-order valence-electron chi connectivity index (χ0n) is 10.4. The Balaban J connectivity index is 1.85. The van der Waals surface area contributed by atoms with Gasteiger partial charge in [0, 0.05) is 26.2 Å². The van der Waals surface area contributed by atoms with Crippen LogP contribution in [0.4, 0.5) is 6.01 Å². The molecule has 4 heteroatoms. The van der Waals surface area contributed by atoms with Crippen molar-refractivity contribution in [1.29, 1.82) is 0 Å². The number of hydrogen-bond acceptors (Lipinski definition) is 4. The van der Waals surface area contributed by atoms with E-state index in [-0.39, 0.29) is 0 Å². The standard InChI is InChI=1S/C12H21N3O/c1-9(2)13-6-11-8-16-12(14-11)15(3)7-10-4-5-10/h8-10,13H,4-7H2,1-3H3. The lowest BCUT2D eigenvalue weighted by molar-refractivity contribution is 0.536. The fraction of sp³-hybridized carbons (Fsp3) is 0.750. The highest BCUT2D eigenvalue weighted by molar-refractivity contribution is 5.25. The number of nitrogens with zero attached hydrogens (tertiary/aromatic N) is 2. The largest absolute Gasteiger partial charge is 0.432 e. The van der Waals surface area contributed by atoms with E-state index >= 15 is 0 Å². The Hall–Kier alpha value is -1.03. The number of anilines is 1. The van der Waals surface area contributed by atoms with Gasteiger partial charge in [-0.05, 0) is 18.8 Å². The summed E-state index contributed by atoms with van der Waals surface area (Å²) in [6, 6.07) is 1.22. The molecule has 0 saturated heterocycles. The van der Waals surface area contributed by atoms with Gasteiger partial charge in [0.15, 0.2) is 0 Å². The van der Waals surface area contributed by atoms with Crippen molar-refractivity contribution in [1.82, 2.24) is 10.3 Å². The van der Waals surface area contributed by atoms with Gasteiger partial charge in [-0.3, -0.25) is 0 Å². The maximum Gasteiger partial charge on any atom is 0.297 e. The van der Waals surface area contributed by atoms with E-state index in [1.165, 1.54) is 12.8 Å². The molecular formula is C12H21N3O. The van der Waals surface area contributed by atoms with Gasteiger partial charge in [0.2, 0.25) is 0 Å². The normalized spacial score (nSPS) is 15.8. The number of nitrogens with one attached hydrogen (secondary N) is 1. The molecule has 1 aromatic rings. The predicted molar refractivity (Wildman–Crippen MR) is 64.5 cm³/mol. The second kappa shape index (κ2) is 4.87. The molecule has 1 heterocycles. The summed E-state index contributed by atoms with van der Waals surface area (Å²) < 4.78 is 5.46. The Bertz CT molecular complexity index is 331. The Morgan fingerprint density at radius 1 is 1.56 bits per heavy atom. The molecule has 90 valence electrons. The molecule has 2 rings (SSSR count). The van der Waals surface area contributed by atoms with Gasteiger partial charge in [0.05, 0.1) is 5.69 Å². The maximum absolute atomic E-state index is 5.46. The third kappa shape index (κ3) is 3.23. The van der Waals surface area contributed by atoms with Crippen LogP contribution in [-0.2, 0) is 6.54 Å². The fourth-order valence-electron chi connectivity index (χ4n) is 1.63. The van der Waals surface area contributed by atoms with E-state index in [0.717, 1.165) is 30.7 Å². The van der Waals surface area contributed by atoms with Crippen LogP contribution in [0.25, 0.3) is 0 Å². The van der Waals surface area contributed by atoms with Crippen molar-refractivity contribution in [2.75, 3.05) is 18.5 Å². The first-order chi connectivity index (χ1) is 7.65. The van der Waals surface area contributed by atoms with Crippen molar-refractivity contribution >= 4 is 6.01 Å². The summed E-state index contributed by atoms with van der Waals surface area (Å²) in [5, 5.41) is 3.33. The molecule has 1 saturated carbocycles. The smallest absolute Gasteiger partial charge is 0.297 e. The highest BCUT2D eigenvalue weighted by atomic mass is 16.4. The van der Waals surface area contributed by atoms with Crippen LogP contribution in [0.2, 0.25) is 0 Å². The van der Waals surface area contributed by atoms with E-state index in [1.54, 1.807) is 6.26 Å². The molecule has 0 radical (unpaired) electrons. The van der Waals surface area contributed by atoms with Crippen LogP contribution >= 0.6 is 0 Å². The van der Waals surface area contributed by atoms with Gasteiger partial charge < -0.3 is 14.6 Å². The van der Waals surface area contributed by atoms with Crippen LogP contribution < -0.4 is 10.2 Å².